The molecule has 0 aliphatic carbocycles. The Labute approximate surface area is 110 Å². The number of hydrogen-bond donors (Lipinski definition) is 1. The number of hydrogen-bond acceptors (Lipinski definition) is 2. The molecule has 2 nitrogen and oxygen atoms in total. The third-order valence-corrected chi connectivity index (χ3v) is 3.25. The van der Waals surface area contributed by atoms with Gasteiger partial charge in [0.1, 0.15) is 0 Å². The molecule has 0 amide bonds. The van der Waals surface area contributed by atoms with Crippen LogP contribution in [0, 0.1) is 11.7 Å². The van der Waals surface area contributed by atoms with E-state index in [4.69, 9.17) is 4.74 Å². The second-order valence-electron chi connectivity index (χ2n) is 5.22. The van der Waals surface area contributed by atoms with E-state index in [-0.39, 0.29) is 5.82 Å². The summed E-state index contributed by atoms with van der Waals surface area (Å²) in [6.45, 7) is 8.52. The van der Waals surface area contributed by atoms with E-state index in [0.29, 0.717) is 30.2 Å². The highest BCUT2D eigenvalue weighted by Crippen LogP contribution is 2.23. The molecule has 0 saturated carbocycles. The van der Waals surface area contributed by atoms with Gasteiger partial charge in [0.15, 0.2) is 11.6 Å². The minimum absolute atomic E-state index is 0.233. The quantitative estimate of drug-likeness (QED) is 0.839. The zero-order chi connectivity index (χ0) is 13.7. The Bertz CT molecular complexity index is 379. The maximum absolute atomic E-state index is 14.0. The molecule has 102 valence electrons. The van der Waals surface area contributed by atoms with Crippen LogP contribution in [0.15, 0.2) is 18.2 Å². The SMILES string of the molecule is COc1cccc(CC(C)C(C)NC(C)C)c1F. The molecule has 0 heterocycles. The number of ether oxygens (including phenoxy) is 1. The van der Waals surface area contributed by atoms with E-state index in [1.165, 1.54) is 7.11 Å². The van der Waals surface area contributed by atoms with E-state index < -0.39 is 0 Å². The predicted octanol–water partition coefficient (Wildman–Crippen LogP) is 3.40. The topological polar surface area (TPSA) is 21.3 Å². The summed E-state index contributed by atoms with van der Waals surface area (Å²) in [5.74, 6) is 0.460. The van der Waals surface area contributed by atoms with Crippen molar-refractivity contribution in [1.29, 1.82) is 0 Å². The number of methoxy groups -OCH3 is 1. The third kappa shape index (κ3) is 3.98. The third-order valence-electron chi connectivity index (χ3n) is 3.25. The van der Waals surface area contributed by atoms with Crippen molar-refractivity contribution in [1.82, 2.24) is 5.32 Å². The van der Waals surface area contributed by atoms with Gasteiger partial charge in [-0.2, -0.15) is 0 Å². The molecule has 1 N–H and O–H groups in total. The second kappa shape index (κ2) is 6.74. The van der Waals surface area contributed by atoms with Gasteiger partial charge in [-0.1, -0.05) is 32.9 Å². The molecule has 18 heavy (non-hydrogen) atoms. The van der Waals surface area contributed by atoms with Crippen molar-refractivity contribution in [2.24, 2.45) is 5.92 Å². The summed E-state index contributed by atoms with van der Waals surface area (Å²) in [6.07, 6.45) is 0.712. The number of nitrogens with one attached hydrogen (secondary N) is 1. The first-order chi connectivity index (χ1) is 8.45. The van der Waals surface area contributed by atoms with Crippen LogP contribution in [0.1, 0.15) is 33.3 Å². The molecule has 0 aromatic heterocycles. The lowest BCUT2D eigenvalue weighted by molar-refractivity contribution is 0.360. The molecular weight excluding hydrogens is 229 g/mol. The van der Waals surface area contributed by atoms with E-state index >= 15 is 0 Å². The normalized spacial score (nSPS) is 14.6. The van der Waals surface area contributed by atoms with Crippen molar-refractivity contribution >= 4 is 0 Å². The molecular formula is C15H24FNO. The Hall–Kier alpha value is -1.09. The summed E-state index contributed by atoms with van der Waals surface area (Å²) in [4.78, 5) is 0. The fourth-order valence-electron chi connectivity index (χ4n) is 2.09. The summed E-state index contributed by atoms with van der Waals surface area (Å²) in [5.41, 5.74) is 0.722. The first-order valence-corrected chi connectivity index (χ1v) is 6.53. The van der Waals surface area contributed by atoms with Gasteiger partial charge in [0.2, 0.25) is 0 Å². The average Bonchev–Trinajstić information content (AvgIpc) is 2.30. The van der Waals surface area contributed by atoms with E-state index in [0.717, 1.165) is 5.56 Å². The fraction of sp³-hybridized carbons (Fsp3) is 0.600. The molecule has 0 aliphatic heterocycles. The van der Waals surface area contributed by atoms with Crippen LogP contribution in [0.4, 0.5) is 4.39 Å². The van der Waals surface area contributed by atoms with Gasteiger partial charge in [0.25, 0.3) is 0 Å². The van der Waals surface area contributed by atoms with Crippen LogP contribution >= 0.6 is 0 Å². The highest BCUT2D eigenvalue weighted by Gasteiger charge is 2.16. The van der Waals surface area contributed by atoms with Crippen LogP contribution in [-0.4, -0.2) is 19.2 Å². The molecule has 3 heteroatoms. The molecule has 1 aromatic rings. The summed E-state index contributed by atoms with van der Waals surface area (Å²) in [5, 5.41) is 3.46. The molecule has 2 atom stereocenters. The smallest absolute Gasteiger partial charge is 0.168 e. The maximum Gasteiger partial charge on any atom is 0.168 e. The van der Waals surface area contributed by atoms with Gasteiger partial charge in [-0.15, -0.1) is 0 Å². The maximum atomic E-state index is 14.0. The Morgan fingerprint density at radius 1 is 1.22 bits per heavy atom. The summed E-state index contributed by atoms with van der Waals surface area (Å²) in [6, 6.07) is 6.12. The fourth-order valence-corrected chi connectivity index (χ4v) is 2.09. The molecule has 1 aromatic carbocycles. The molecule has 0 aliphatic rings. The number of halogens is 1. The van der Waals surface area contributed by atoms with Gasteiger partial charge in [-0.3, -0.25) is 0 Å². The molecule has 1 rings (SSSR count). The van der Waals surface area contributed by atoms with Crippen molar-refractivity contribution < 1.29 is 9.13 Å². The van der Waals surface area contributed by atoms with Gasteiger partial charge in [0, 0.05) is 12.1 Å². The minimum Gasteiger partial charge on any atom is -0.494 e. The van der Waals surface area contributed by atoms with Crippen LogP contribution < -0.4 is 10.1 Å². The van der Waals surface area contributed by atoms with E-state index in [1.54, 1.807) is 6.07 Å². The minimum atomic E-state index is -0.233. The van der Waals surface area contributed by atoms with Crippen molar-refractivity contribution in [3.63, 3.8) is 0 Å². The molecule has 0 saturated heterocycles. The molecule has 0 spiro atoms. The molecule has 0 radical (unpaired) electrons. The van der Waals surface area contributed by atoms with Crippen LogP contribution in [0.3, 0.4) is 0 Å². The largest absolute Gasteiger partial charge is 0.494 e. The number of rotatable bonds is 6. The van der Waals surface area contributed by atoms with Gasteiger partial charge in [0.05, 0.1) is 7.11 Å². The van der Waals surface area contributed by atoms with Crippen molar-refractivity contribution in [2.45, 2.75) is 46.2 Å². The predicted molar refractivity (Wildman–Crippen MR) is 73.6 cm³/mol. The van der Waals surface area contributed by atoms with E-state index in [1.807, 2.05) is 12.1 Å². The molecule has 0 bridgehead atoms. The van der Waals surface area contributed by atoms with E-state index in [2.05, 4.69) is 33.0 Å². The first-order valence-electron chi connectivity index (χ1n) is 6.53. The summed E-state index contributed by atoms with van der Waals surface area (Å²) >= 11 is 0. The summed E-state index contributed by atoms with van der Waals surface area (Å²) in [7, 11) is 1.49. The number of benzene rings is 1. The zero-order valence-corrected chi connectivity index (χ0v) is 12.0. The average molecular weight is 253 g/mol. The lowest BCUT2D eigenvalue weighted by Gasteiger charge is -2.24. The Morgan fingerprint density at radius 3 is 2.44 bits per heavy atom. The Kier molecular flexibility index (Phi) is 5.60. The van der Waals surface area contributed by atoms with Gasteiger partial charge in [-0.05, 0) is 30.9 Å². The van der Waals surface area contributed by atoms with Gasteiger partial charge >= 0.3 is 0 Å². The van der Waals surface area contributed by atoms with Crippen LogP contribution in [-0.2, 0) is 6.42 Å². The highest BCUT2D eigenvalue weighted by molar-refractivity contribution is 5.31. The van der Waals surface area contributed by atoms with Crippen molar-refractivity contribution in [2.75, 3.05) is 7.11 Å². The summed E-state index contributed by atoms with van der Waals surface area (Å²) < 4.78 is 19.0. The standard InChI is InChI=1S/C15H24FNO/c1-10(2)17-12(4)11(3)9-13-7-6-8-14(18-5)15(13)16/h6-8,10-12,17H,9H2,1-5H3. The van der Waals surface area contributed by atoms with Crippen molar-refractivity contribution in [3.8, 4) is 5.75 Å². The Balaban J connectivity index is 2.72. The lowest BCUT2D eigenvalue weighted by Crippen LogP contribution is -2.37. The second-order valence-corrected chi connectivity index (χ2v) is 5.22. The monoisotopic (exact) mass is 253 g/mol. The van der Waals surface area contributed by atoms with Crippen LogP contribution in [0.25, 0.3) is 0 Å². The lowest BCUT2D eigenvalue weighted by atomic mass is 9.94. The van der Waals surface area contributed by atoms with Crippen LogP contribution in [0.2, 0.25) is 0 Å². The zero-order valence-electron chi connectivity index (χ0n) is 12.0. The highest BCUT2D eigenvalue weighted by atomic mass is 19.1. The Morgan fingerprint density at radius 2 is 1.89 bits per heavy atom. The first kappa shape index (κ1) is 15.0. The van der Waals surface area contributed by atoms with Crippen molar-refractivity contribution in [3.05, 3.63) is 29.6 Å². The van der Waals surface area contributed by atoms with Gasteiger partial charge in [-0.25, -0.2) is 4.39 Å². The van der Waals surface area contributed by atoms with Gasteiger partial charge < -0.3 is 10.1 Å². The molecule has 0 fully saturated rings. The molecule has 2 unspecified atom stereocenters. The van der Waals surface area contributed by atoms with E-state index in [9.17, 15) is 4.39 Å². The van der Waals surface area contributed by atoms with Crippen LogP contribution in [0.5, 0.6) is 5.75 Å².